The van der Waals surface area contributed by atoms with Gasteiger partial charge in [0.05, 0.1) is 13.0 Å². The Bertz CT molecular complexity index is 575. The van der Waals surface area contributed by atoms with Crippen molar-refractivity contribution in [1.82, 2.24) is 15.1 Å². The molecule has 1 saturated heterocycles. The number of likely N-dealkylation sites (tertiary alicyclic amines) is 1. The van der Waals surface area contributed by atoms with Crippen molar-refractivity contribution in [3.63, 3.8) is 0 Å². The van der Waals surface area contributed by atoms with Crippen LogP contribution < -0.4 is 5.32 Å². The predicted octanol–water partition coefficient (Wildman–Crippen LogP) is 2.59. The van der Waals surface area contributed by atoms with Crippen molar-refractivity contribution >= 4 is 35.9 Å². The third-order valence-electron chi connectivity index (χ3n) is 4.84. The Kier molecular flexibility index (Phi) is 11.3. The van der Waals surface area contributed by atoms with Gasteiger partial charge in [-0.05, 0) is 38.4 Å². The average molecular weight is 488 g/mol. The van der Waals surface area contributed by atoms with Crippen LogP contribution in [0.4, 0.5) is 0 Å². The molecular formula is C20H33IN4O2. The molecule has 7 heteroatoms. The highest BCUT2D eigenvalue weighted by atomic mass is 127. The SMILES string of the molecule is CN=C(NCCCN(C)Cc1ccccc1)N1CCC(C(=O)OC)CC1.I. The van der Waals surface area contributed by atoms with Crippen LogP contribution in [0.5, 0.6) is 0 Å². The van der Waals surface area contributed by atoms with Gasteiger partial charge in [0.15, 0.2) is 5.96 Å². The third kappa shape index (κ3) is 8.04. The number of hydrogen-bond acceptors (Lipinski definition) is 4. The van der Waals surface area contributed by atoms with Crippen molar-refractivity contribution in [2.45, 2.75) is 25.8 Å². The van der Waals surface area contributed by atoms with Crippen molar-refractivity contribution < 1.29 is 9.53 Å². The molecule has 1 N–H and O–H groups in total. The molecule has 1 aliphatic heterocycles. The van der Waals surface area contributed by atoms with E-state index in [1.807, 2.05) is 13.1 Å². The Labute approximate surface area is 180 Å². The van der Waals surface area contributed by atoms with Crippen molar-refractivity contribution in [3.05, 3.63) is 35.9 Å². The molecule has 0 bridgehead atoms. The van der Waals surface area contributed by atoms with Gasteiger partial charge in [0.1, 0.15) is 0 Å². The molecule has 152 valence electrons. The summed E-state index contributed by atoms with van der Waals surface area (Å²) in [5, 5.41) is 3.45. The van der Waals surface area contributed by atoms with E-state index in [1.165, 1.54) is 12.7 Å². The average Bonchev–Trinajstić information content (AvgIpc) is 2.68. The topological polar surface area (TPSA) is 57.2 Å². The van der Waals surface area contributed by atoms with Gasteiger partial charge in [0, 0.05) is 33.2 Å². The first-order chi connectivity index (χ1) is 12.6. The quantitative estimate of drug-likeness (QED) is 0.210. The summed E-state index contributed by atoms with van der Waals surface area (Å²) in [5.41, 5.74) is 1.34. The molecule has 0 aromatic heterocycles. The van der Waals surface area contributed by atoms with Crippen molar-refractivity contribution in [1.29, 1.82) is 0 Å². The number of guanidine groups is 1. The Morgan fingerprint density at radius 3 is 2.56 bits per heavy atom. The lowest BCUT2D eigenvalue weighted by atomic mass is 9.97. The highest BCUT2D eigenvalue weighted by molar-refractivity contribution is 14.0. The standard InChI is InChI=1S/C20H32N4O2.HI/c1-21-20(24-14-10-18(11-15-24)19(25)26-3)22-12-7-13-23(2)16-17-8-5-4-6-9-17;/h4-6,8-9,18H,7,10-16H2,1-3H3,(H,21,22);1H. The molecule has 2 rings (SSSR count). The zero-order chi connectivity index (χ0) is 18.8. The minimum atomic E-state index is -0.0888. The lowest BCUT2D eigenvalue weighted by Gasteiger charge is -2.33. The fourth-order valence-corrected chi connectivity index (χ4v) is 3.35. The second-order valence-corrected chi connectivity index (χ2v) is 6.84. The molecule has 0 aliphatic carbocycles. The summed E-state index contributed by atoms with van der Waals surface area (Å²) in [6, 6.07) is 10.5. The van der Waals surface area contributed by atoms with E-state index in [9.17, 15) is 4.79 Å². The van der Waals surface area contributed by atoms with Crippen molar-refractivity contribution in [3.8, 4) is 0 Å². The molecule has 1 aromatic rings. The summed E-state index contributed by atoms with van der Waals surface area (Å²) >= 11 is 0. The number of nitrogens with zero attached hydrogens (tertiary/aromatic N) is 3. The molecule has 0 atom stereocenters. The molecule has 1 fully saturated rings. The van der Waals surface area contributed by atoms with Crippen molar-refractivity contribution in [2.24, 2.45) is 10.9 Å². The number of hydrogen-bond donors (Lipinski definition) is 1. The lowest BCUT2D eigenvalue weighted by molar-refractivity contribution is -0.146. The van der Waals surface area contributed by atoms with Gasteiger partial charge in [0.2, 0.25) is 0 Å². The molecule has 6 nitrogen and oxygen atoms in total. The Hall–Kier alpha value is -1.35. The van der Waals surface area contributed by atoms with Crippen LogP contribution in [0.2, 0.25) is 0 Å². The number of carbonyl (C=O) groups excluding carboxylic acids is 1. The van der Waals surface area contributed by atoms with Crippen LogP contribution in [-0.2, 0) is 16.1 Å². The summed E-state index contributed by atoms with van der Waals surface area (Å²) in [6.45, 7) is 4.57. The zero-order valence-electron chi connectivity index (χ0n) is 16.7. The lowest BCUT2D eigenvalue weighted by Crippen LogP contribution is -2.47. The van der Waals surface area contributed by atoms with Gasteiger partial charge >= 0.3 is 5.97 Å². The van der Waals surface area contributed by atoms with Crippen LogP contribution in [0.1, 0.15) is 24.8 Å². The predicted molar refractivity (Wildman–Crippen MR) is 120 cm³/mol. The molecule has 27 heavy (non-hydrogen) atoms. The van der Waals surface area contributed by atoms with Gasteiger partial charge in [0.25, 0.3) is 0 Å². The van der Waals surface area contributed by atoms with E-state index in [0.29, 0.717) is 0 Å². The number of nitrogens with one attached hydrogen (secondary N) is 1. The largest absolute Gasteiger partial charge is 0.469 e. The van der Waals surface area contributed by atoms with Crippen molar-refractivity contribution in [2.75, 3.05) is 47.4 Å². The number of carbonyl (C=O) groups is 1. The number of methoxy groups -OCH3 is 1. The number of aliphatic imine (C=N–C) groups is 1. The minimum Gasteiger partial charge on any atom is -0.469 e. The Balaban J connectivity index is 0.00000364. The Morgan fingerprint density at radius 1 is 1.30 bits per heavy atom. The van der Waals surface area contributed by atoms with Gasteiger partial charge in [-0.25, -0.2) is 0 Å². The maximum absolute atomic E-state index is 11.6. The molecule has 0 spiro atoms. The molecular weight excluding hydrogens is 455 g/mol. The highest BCUT2D eigenvalue weighted by Gasteiger charge is 2.26. The number of piperidine rings is 1. The minimum absolute atomic E-state index is 0. The molecule has 1 heterocycles. The van der Waals surface area contributed by atoms with Crippen LogP contribution in [0.3, 0.4) is 0 Å². The number of rotatable bonds is 7. The van der Waals surface area contributed by atoms with Gasteiger partial charge in [-0.15, -0.1) is 24.0 Å². The summed E-state index contributed by atoms with van der Waals surface area (Å²) in [4.78, 5) is 20.6. The fourth-order valence-electron chi connectivity index (χ4n) is 3.35. The van der Waals surface area contributed by atoms with Gasteiger partial charge < -0.3 is 19.9 Å². The summed E-state index contributed by atoms with van der Waals surface area (Å²) < 4.78 is 4.85. The van der Waals surface area contributed by atoms with E-state index in [-0.39, 0.29) is 35.9 Å². The van der Waals surface area contributed by atoms with Gasteiger partial charge in [-0.1, -0.05) is 30.3 Å². The molecule has 0 saturated carbocycles. The van der Waals surface area contributed by atoms with E-state index < -0.39 is 0 Å². The zero-order valence-corrected chi connectivity index (χ0v) is 19.0. The number of esters is 1. The molecule has 1 aromatic carbocycles. The number of ether oxygens (including phenoxy) is 1. The Morgan fingerprint density at radius 2 is 1.96 bits per heavy atom. The number of halogens is 1. The summed E-state index contributed by atoms with van der Waals surface area (Å²) in [7, 11) is 5.43. The number of benzene rings is 1. The maximum atomic E-state index is 11.6. The molecule has 0 radical (unpaired) electrons. The first-order valence-electron chi connectivity index (χ1n) is 9.40. The van der Waals surface area contributed by atoms with E-state index in [0.717, 1.165) is 57.9 Å². The smallest absolute Gasteiger partial charge is 0.308 e. The fraction of sp³-hybridized carbons (Fsp3) is 0.600. The second kappa shape index (κ2) is 12.9. The van der Waals surface area contributed by atoms with Crippen LogP contribution in [-0.4, -0.2) is 69.1 Å². The monoisotopic (exact) mass is 488 g/mol. The second-order valence-electron chi connectivity index (χ2n) is 6.84. The highest BCUT2D eigenvalue weighted by Crippen LogP contribution is 2.18. The van der Waals surface area contributed by atoms with E-state index >= 15 is 0 Å². The van der Waals surface area contributed by atoms with E-state index in [4.69, 9.17) is 4.74 Å². The molecule has 0 amide bonds. The third-order valence-corrected chi connectivity index (χ3v) is 4.84. The first kappa shape index (κ1) is 23.7. The van der Waals surface area contributed by atoms with E-state index in [1.54, 1.807) is 0 Å². The normalized spacial score (nSPS) is 15.4. The molecule has 1 aliphatic rings. The van der Waals surface area contributed by atoms with Crippen LogP contribution in [0.15, 0.2) is 35.3 Å². The first-order valence-corrected chi connectivity index (χ1v) is 9.40. The molecule has 0 unspecified atom stereocenters. The van der Waals surface area contributed by atoms with Crippen LogP contribution >= 0.6 is 24.0 Å². The maximum Gasteiger partial charge on any atom is 0.308 e. The summed E-state index contributed by atoms with van der Waals surface area (Å²) in [6.07, 6.45) is 2.71. The van der Waals surface area contributed by atoms with Gasteiger partial charge in [-0.3, -0.25) is 9.79 Å². The van der Waals surface area contributed by atoms with Gasteiger partial charge in [-0.2, -0.15) is 0 Å². The van der Waals surface area contributed by atoms with Crippen LogP contribution in [0, 0.1) is 5.92 Å². The van der Waals surface area contributed by atoms with Crippen LogP contribution in [0.25, 0.3) is 0 Å². The summed E-state index contributed by atoms with van der Waals surface area (Å²) in [5.74, 6) is 0.870. The van der Waals surface area contributed by atoms with E-state index in [2.05, 4.69) is 51.4 Å².